The molecule has 1 fully saturated rings. The van der Waals surface area contributed by atoms with E-state index in [4.69, 9.17) is 0 Å². The van der Waals surface area contributed by atoms with Gasteiger partial charge in [-0.15, -0.1) is 11.3 Å². The summed E-state index contributed by atoms with van der Waals surface area (Å²) < 4.78 is 0. The van der Waals surface area contributed by atoms with Crippen LogP contribution in [-0.4, -0.2) is 11.0 Å². The normalized spacial score (nSPS) is 19.8. The molecule has 1 aliphatic carbocycles. The van der Waals surface area contributed by atoms with Crippen LogP contribution in [0, 0.1) is 5.92 Å². The molecule has 1 saturated carbocycles. The van der Waals surface area contributed by atoms with Crippen molar-refractivity contribution in [1.29, 1.82) is 0 Å². The molecule has 1 heterocycles. The lowest BCUT2D eigenvalue weighted by molar-refractivity contribution is 0.240. The fourth-order valence-electron chi connectivity index (χ4n) is 1.70. The molecule has 2 rings (SSSR count). The van der Waals surface area contributed by atoms with Crippen molar-refractivity contribution < 1.29 is 0 Å². The fourth-order valence-corrected chi connectivity index (χ4v) is 2.24. The number of hydrogen-bond acceptors (Lipinski definition) is 3. The first-order chi connectivity index (χ1) is 6.36. The van der Waals surface area contributed by atoms with Crippen molar-refractivity contribution in [2.45, 2.75) is 38.8 Å². The number of nitrogens with zero attached hydrogens (tertiary/aromatic N) is 1. The number of aromatic nitrogens is 1. The van der Waals surface area contributed by atoms with Crippen LogP contribution in [0.1, 0.15) is 31.1 Å². The Morgan fingerprint density at radius 3 is 3.08 bits per heavy atom. The average molecular weight is 196 g/mol. The molecular weight excluding hydrogens is 180 g/mol. The van der Waals surface area contributed by atoms with Gasteiger partial charge in [-0.1, -0.05) is 6.42 Å². The molecular formula is C10H16N2S. The third-order valence-electron chi connectivity index (χ3n) is 2.94. The minimum atomic E-state index is 0.677. The van der Waals surface area contributed by atoms with E-state index in [1.807, 2.05) is 11.7 Å². The quantitative estimate of drug-likeness (QED) is 0.800. The van der Waals surface area contributed by atoms with Crippen LogP contribution in [0.4, 0.5) is 0 Å². The molecule has 0 aliphatic heterocycles. The second-order valence-corrected chi connectivity index (χ2v) is 4.80. The van der Waals surface area contributed by atoms with Gasteiger partial charge in [0, 0.05) is 23.7 Å². The van der Waals surface area contributed by atoms with Gasteiger partial charge >= 0.3 is 0 Å². The molecule has 1 atom stereocenters. The van der Waals surface area contributed by atoms with Gasteiger partial charge in [0.05, 0.1) is 5.51 Å². The van der Waals surface area contributed by atoms with Gasteiger partial charge in [-0.3, -0.25) is 4.98 Å². The van der Waals surface area contributed by atoms with Gasteiger partial charge in [-0.2, -0.15) is 0 Å². The summed E-state index contributed by atoms with van der Waals surface area (Å²) in [6, 6.07) is 0.677. The highest BCUT2D eigenvalue weighted by molar-refractivity contribution is 7.09. The minimum absolute atomic E-state index is 0.677. The molecule has 1 unspecified atom stereocenters. The molecule has 3 heteroatoms. The molecule has 0 radical (unpaired) electrons. The number of nitrogens with one attached hydrogen (secondary N) is 1. The Morgan fingerprint density at radius 2 is 2.54 bits per heavy atom. The molecule has 0 bridgehead atoms. The predicted molar refractivity (Wildman–Crippen MR) is 55.8 cm³/mol. The molecule has 0 spiro atoms. The molecule has 0 saturated heterocycles. The molecule has 0 aromatic carbocycles. The first-order valence-corrected chi connectivity index (χ1v) is 5.85. The lowest BCUT2D eigenvalue weighted by atomic mass is 9.80. The van der Waals surface area contributed by atoms with Crippen molar-refractivity contribution in [2.75, 3.05) is 0 Å². The van der Waals surface area contributed by atoms with Crippen LogP contribution in [0.25, 0.3) is 0 Å². The topological polar surface area (TPSA) is 24.9 Å². The predicted octanol–water partition coefficient (Wildman–Crippen LogP) is 2.42. The lowest BCUT2D eigenvalue weighted by Gasteiger charge is -2.31. The van der Waals surface area contributed by atoms with Crippen molar-refractivity contribution in [3.63, 3.8) is 0 Å². The van der Waals surface area contributed by atoms with Gasteiger partial charge < -0.3 is 5.32 Å². The fraction of sp³-hybridized carbons (Fsp3) is 0.700. The summed E-state index contributed by atoms with van der Waals surface area (Å²) in [6.45, 7) is 3.28. The SMILES string of the molecule is CC(NCc1cncs1)C1CCC1. The molecule has 72 valence electrons. The van der Waals surface area contributed by atoms with E-state index in [9.17, 15) is 0 Å². The van der Waals surface area contributed by atoms with E-state index >= 15 is 0 Å². The maximum Gasteiger partial charge on any atom is 0.0794 e. The number of rotatable bonds is 4. The molecule has 1 aliphatic rings. The number of thiazole rings is 1. The van der Waals surface area contributed by atoms with Crippen molar-refractivity contribution in [3.05, 3.63) is 16.6 Å². The number of hydrogen-bond donors (Lipinski definition) is 1. The van der Waals surface area contributed by atoms with E-state index in [2.05, 4.69) is 17.2 Å². The summed E-state index contributed by atoms with van der Waals surface area (Å²) in [5, 5.41) is 3.56. The third-order valence-corrected chi connectivity index (χ3v) is 3.72. The van der Waals surface area contributed by atoms with Gasteiger partial charge in [0.1, 0.15) is 0 Å². The highest BCUT2D eigenvalue weighted by atomic mass is 32.1. The largest absolute Gasteiger partial charge is 0.309 e. The zero-order valence-electron chi connectivity index (χ0n) is 7.99. The van der Waals surface area contributed by atoms with Gasteiger partial charge in [0.15, 0.2) is 0 Å². The minimum Gasteiger partial charge on any atom is -0.309 e. The first kappa shape index (κ1) is 9.16. The highest BCUT2D eigenvalue weighted by Crippen LogP contribution is 2.29. The van der Waals surface area contributed by atoms with E-state index in [-0.39, 0.29) is 0 Å². The summed E-state index contributed by atoms with van der Waals surface area (Å²) in [6.07, 6.45) is 6.20. The standard InChI is InChI=1S/C10H16N2S/c1-8(9-3-2-4-9)12-6-10-5-11-7-13-10/h5,7-9,12H,2-4,6H2,1H3. The maximum absolute atomic E-state index is 4.06. The van der Waals surface area contributed by atoms with Crippen molar-refractivity contribution in [2.24, 2.45) is 5.92 Å². The monoisotopic (exact) mass is 196 g/mol. The smallest absolute Gasteiger partial charge is 0.0794 e. The van der Waals surface area contributed by atoms with E-state index in [0.717, 1.165) is 12.5 Å². The van der Waals surface area contributed by atoms with Crippen LogP contribution in [-0.2, 0) is 6.54 Å². The lowest BCUT2D eigenvalue weighted by Crippen LogP contribution is -2.36. The van der Waals surface area contributed by atoms with Crippen molar-refractivity contribution >= 4 is 11.3 Å². The Kier molecular flexibility index (Phi) is 2.96. The second-order valence-electron chi connectivity index (χ2n) is 3.83. The van der Waals surface area contributed by atoms with Gasteiger partial charge in [0.2, 0.25) is 0 Å². The highest BCUT2D eigenvalue weighted by Gasteiger charge is 2.23. The van der Waals surface area contributed by atoms with Crippen molar-refractivity contribution in [1.82, 2.24) is 10.3 Å². The molecule has 13 heavy (non-hydrogen) atoms. The zero-order valence-corrected chi connectivity index (χ0v) is 8.81. The Balaban J connectivity index is 1.72. The van der Waals surface area contributed by atoms with Gasteiger partial charge in [-0.05, 0) is 25.7 Å². The zero-order chi connectivity index (χ0) is 9.10. The Morgan fingerprint density at radius 1 is 1.69 bits per heavy atom. The summed E-state index contributed by atoms with van der Waals surface area (Å²) in [4.78, 5) is 5.40. The Hall–Kier alpha value is -0.410. The third kappa shape index (κ3) is 2.29. The van der Waals surface area contributed by atoms with E-state index < -0.39 is 0 Å². The average Bonchev–Trinajstić information content (AvgIpc) is 2.49. The van der Waals surface area contributed by atoms with Crippen LogP contribution in [0.3, 0.4) is 0 Å². The van der Waals surface area contributed by atoms with Gasteiger partial charge in [0.25, 0.3) is 0 Å². The summed E-state index contributed by atoms with van der Waals surface area (Å²) in [5.41, 5.74) is 1.89. The summed E-state index contributed by atoms with van der Waals surface area (Å²) in [5.74, 6) is 0.924. The van der Waals surface area contributed by atoms with Gasteiger partial charge in [-0.25, -0.2) is 0 Å². The van der Waals surface area contributed by atoms with E-state index in [0.29, 0.717) is 6.04 Å². The molecule has 2 nitrogen and oxygen atoms in total. The Labute approximate surface area is 83.4 Å². The van der Waals surface area contributed by atoms with Crippen LogP contribution in [0.5, 0.6) is 0 Å². The second kappa shape index (κ2) is 4.20. The molecule has 0 amide bonds. The van der Waals surface area contributed by atoms with E-state index in [1.165, 1.54) is 24.1 Å². The maximum atomic E-state index is 4.06. The van der Waals surface area contributed by atoms with Crippen LogP contribution in [0.2, 0.25) is 0 Å². The molecule has 1 aromatic heterocycles. The molecule has 1 N–H and O–H groups in total. The first-order valence-electron chi connectivity index (χ1n) is 4.97. The molecule has 1 aromatic rings. The summed E-state index contributed by atoms with van der Waals surface area (Å²) in [7, 11) is 0. The van der Waals surface area contributed by atoms with Crippen LogP contribution in [0.15, 0.2) is 11.7 Å². The van der Waals surface area contributed by atoms with Crippen LogP contribution < -0.4 is 5.32 Å². The van der Waals surface area contributed by atoms with E-state index in [1.54, 1.807) is 11.3 Å². The van der Waals surface area contributed by atoms with Crippen LogP contribution >= 0.6 is 11.3 Å². The Bertz CT molecular complexity index is 241. The summed E-state index contributed by atoms with van der Waals surface area (Å²) >= 11 is 1.73. The van der Waals surface area contributed by atoms with Crippen molar-refractivity contribution in [3.8, 4) is 0 Å².